The second kappa shape index (κ2) is 5.90. The van der Waals surface area contributed by atoms with E-state index in [2.05, 4.69) is 36.3 Å². The van der Waals surface area contributed by atoms with Crippen LogP contribution in [0.25, 0.3) is 5.78 Å². The number of nitrogens with zero attached hydrogens (tertiary/aromatic N) is 4. The maximum atomic E-state index is 12.0. The predicted molar refractivity (Wildman–Crippen MR) is 83.6 cm³/mol. The first-order valence-corrected chi connectivity index (χ1v) is 7.95. The monoisotopic (exact) mass is 365 g/mol. The number of carbonyl (C=O) groups excluding carboxylic acids is 1. The molecule has 0 saturated carbocycles. The van der Waals surface area contributed by atoms with Crippen molar-refractivity contribution in [1.82, 2.24) is 24.9 Å². The highest BCUT2D eigenvalue weighted by Gasteiger charge is 2.13. The SMILES string of the molecule is Cc1ccnc2nc(C(=O)NCCc3ccc(Br)s3)nn12. The van der Waals surface area contributed by atoms with Gasteiger partial charge >= 0.3 is 0 Å². The molecule has 8 heteroatoms. The van der Waals surface area contributed by atoms with E-state index in [0.29, 0.717) is 12.3 Å². The first-order valence-electron chi connectivity index (χ1n) is 6.34. The Morgan fingerprint density at radius 3 is 3.00 bits per heavy atom. The molecule has 0 fully saturated rings. The highest BCUT2D eigenvalue weighted by Crippen LogP contribution is 2.22. The van der Waals surface area contributed by atoms with Crippen molar-refractivity contribution < 1.29 is 4.79 Å². The average molecular weight is 366 g/mol. The maximum Gasteiger partial charge on any atom is 0.291 e. The van der Waals surface area contributed by atoms with Crippen molar-refractivity contribution >= 4 is 39.0 Å². The first-order chi connectivity index (χ1) is 10.1. The van der Waals surface area contributed by atoms with Crippen LogP contribution in [0.3, 0.4) is 0 Å². The molecule has 0 radical (unpaired) electrons. The summed E-state index contributed by atoms with van der Waals surface area (Å²) >= 11 is 5.08. The Morgan fingerprint density at radius 1 is 1.43 bits per heavy atom. The van der Waals surface area contributed by atoms with Gasteiger partial charge in [-0.05, 0) is 47.5 Å². The van der Waals surface area contributed by atoms with Gasteiger partial charge in [0.05, 0.1) is 3.79 Å². The number of halogens is 1. The summed E-state index contributed by atoms with van der Waals surface area (Å²) in [6.07, 6.45) is 2.43. The highest BCUT2D eigenvalue weighted by molar-refractivity contribution is 9.11. The van der Waals surface area contributed by atoms with Crippen LogP contribution in [0, 0.1) is 6.92 Å². The van der Waals surface area contributed by atoms with E-state index in [-0.39, 0.29) is 11.7 Å². The van der Waals surface area contributed by atoms with E-state index in [9.17, 15) is 4.79 Å². The molecule has 0 aromatic carbocycles. The third-order valence-corrected chi connectivity index (χ3v) is 4.60. The summed E-state index contributed by atoms with van der Waals surface area (Å²) in [6, 6.07) is 5.86. The standard InChI is InChI=1S/C13H12BrN5OS/c1-8-4-6-16-13-17-11(18-19(8)13)12(20)15-7-5-9-2-3-10(14)21-9/h2-4,6H,5,7H2,1H3,(H,15,20). The smallest absolute Gasteiger partial charge is 0.291 e. The van der Waals surface area contributed by atoms with Crippen molar-refractivity contribution in [3.8, 4) is 0 Å². The van der Waals surface area contributed by atoms with Crippen LogP contribution in [0.15, 0.2) is 28.2 Å². The zero-order valence-corrected chi connectivity index (χ0v) is 13.6. The second-order valence-electron chi connectivity index (χ2n) is 4.45. The molecule has 108 valence electrons. The van der Waals surface area contributed by atoms with Gasteiger partial charge in [0, 0.05) is 23.3 Å². The van der Waals surface area contributed by atoms with Gasteiger partial charge in [-0.2, -0.15) is 4.98 Å². The lowest BCUT2D eigenvalue weighted by atomic mass is 10.3. The molecule has 1 amide bonds. The van der Waals surface area contributed by atoms with Gasteiger partial charge in [0.2, 0.25) is 5.82 Å². The molecule has 0 unspecified atom stereocenters. The molecule has 3 rings (SSSR count). The number of fused-ring (bicyclic) bond motifs is 1. The number of aryl methyl sites for hydroxylation is 1. The minimum atomic E-state index is -0.282. The van der Waals surface area contributed by atoms with E-state index in [1.54, 1.807) is 22.0 Å². The highest BCUT2D eigenvalue weighted by atomic mass is 79.9. The van der Waals surface area contributed by atoms with Crippen LogP contribution in [0.5, 0.6) is 0 Å². The Morgan fingerprint density at radius 2 is 2.29 bits per heavy atom. The third kappa shape index (κ3) is 3.11. The van der Waals surface area contributed by atoms with Gasteiger partial charge in [0.1, 0.15) is 0 Å². The summed E-state index contributed by atoms with van der Waals surface area (Å²) in [4.78, 5) is 21.5. The van der Waals surface area contributed by atoms with Crippen molar-refractivity contribution in [3.63, 3.8) is 0 Å². The summed E-state index contributed by atoms with van der Waals surface area (Å²) in [5.74, 6) is 0.294. The lowest BCUT2D eigenvalue weighted by Gasteiger charge is -2.00. The Balaban J connectivity index is 1.65. The maximum absolute atomic E-state index is 12.0. The molecule has 0 atom stereocenters. The Labute approximate surface area is 133 Å². The first kappa shape index (κ1) is 14.2. The summed E-state index contributed by atoms with van der Waals surface area (Å²) in [5, 5.41) is 6.99. The van der Waals surface area contributed by atoms with E-state index in [1.807, 2.05) is 25.1 Å². The van der Waals surface area contributed by atoms with Gasteiger partial charge in [0.25, 0.3) is 11.7 Å². The van der Waals surface area contributed by atoms with E-state index in [1.165, 1.54) is 4.88 Å². The minimum absolute atomic E-state index is 0.143. The molecule has 3 heterocycles. The fraction of sp³-hybridized carbons (Fsp3) is 0.231. The summed E-state index contributed by atoms with van der Waals surface area (Å²) in [7, 11) is 0. The minimum Gasteiger partial charge on any atom is -0.349 e. The molecule has 0 spiro atoms. The van der Waals surface area contributed by atoms with E-state index < -0.39 is 0 Å². The summed E-state index contributed by atoms with van der Waals surface area (Å²) in [5.41, 5.74) is 0.884. The normalized spacial score (nSPS) is 11.0. The molecule has 1 N–H and O–H groups in total. The van der Waals surface area contributed by atoms with Gasteiger partial charge in [-0.25, -0.2) is 9.50 Å². The second-order valence-corrected chi connectivity index (χ2v) is 6.99. The Bertz CT molecular complexity index is 797. The molecule has 6 nitrogen and oxygen atoms in total. The number of nitrogens with one attached hydrogen (secondary N) is 1. The van der Waals surface area contributed by atoms with Gasteiger partial charge in [-0.1, -0.05) is 0 Å². The van der Waals surface area contributed by atoms with Crippen LogP contribution >= 0.6 is 27.3 Å². The van der Waals surface area contributed by atoms with Crippen molar-refractivity contribution in [3.05, 3.63) is 44.6 Å². The lowest BCUT2D eigenvalue weighted by Crippen LogP contribution is -2.26. The van der Waals surface area contributed by atoms with Gasteiger partial charge < -0.3 is 5.32 Å². The summed E-state index contributed by atoms with van der Waals surface area (Å²) in [6.45, 7) is 2.44. The molecule has 3 aromatic rings. The van der Waals surface area contributed by atoms with Crippen molar-refractivity contribution in [2.45, 2.75) is 13.3 Å². The number of hydrogen-bond donors (Lipinski definition) is 1. The zero-order valence-electron chi connectivity index (χ0n) is 11.2. The third-order valence-electron chi connectivity index (χ3n) is 2.92. The molecule has 0 aliphatic heterocycles. The van der Waals surface area contributed by atoms with Crippen LogP contribution in [0.2, 0.25) is 0 Å². The van der Waals surface area contributed by atoms with Crippen LogP contribution in [-0.2, 0) is 6.42 Å². The van der Waals surface area contributed by atoms with Crippen molar-refractivity contribution in [2.24, 2.45) is 0 Å². The van der Waals surface area contributed by atoms with Crippen LogP contribution in [0.1, 0.15) is 21.2 Å². The lowest BCUT2D eigenvalue weighted by molar-refractivity contribution is 0.0944. The number of carbonyl (C=O) groups is 1. The molecule has 21 heavy (non-hydrogen) atoms. The molecule has 0 aliphatic rings. The predicted octanol–water partition coefficient (Wildman–Crippen LogP) is 2.23. The number of hydrogen-bond acceptors (Lipinski definition) is 5. The molecular weight excluding hydrogens is 354 g/mol. The molecule has 0 aliphatic carbocycles. The summed E-state index contributed by atoms with van der Waals surface area (Å²) < 4.78 is 2.65. The van der Waals surface area contributed by atoms with Crippen LogP contribution < -0.4 is 5.32 Å². The molecular formula is C13H12BrN5OS. The van der Waals surface area contributed by atoms with Gasteiger partial charge in [-0.3, -0.25) is 4.79 Å². The quantitative estimate of drug-likeness (QED) is 0.769. The van der Waals surface area contributed by atoms with Crippen molar-refractivity contribution in [2.75, 3.05) is 6.54 Å². The average Bonchev–Trinajstić information content (AvgIpc) is 3.06. The molecule has 3 aromatic heterocycles. The van der Waals surface area contributed by atoms with Gasteiger partial charge in [-0.15, -0.1) is 16.4 Å². The van der Waals surface area contributed by atoms with Crippen LogP contribution in [0.4, 0.5) is 0 Å². The van der Waals surface area contributed by atoms with Crippen molar-refractivity contribution in [1.29, 1.82) is 0 Å². The number of amides is 1. The fourth-order valence-electron chi connectivity index (χ4n) is 1.87. The Kier molecular flexibility index (Phi) is 3.98. The largest absolute Gasteiger partial charge is 0.349 e. The van der Waals surface area contributed by atoms with E-state index in [4.69, 9.17) is 0 Å². The van der Waals surface area contributed by atoms with E-state index >= 15 is 0 Å². The van der Waals surface area contributed by atoms with Crippen LogP contribution in [-0.4, -0.2) is 32.0 Å². The Hall–Kier alpha value is -1.80. The number of rotatable bonds is 4. The topological polar surface area (TPSA) is 72.2 Å². The molecule has 0 saturated heterocycles. The fourth-order valence-corrected chi connectivity index (χ4v) is 3.35. The zero-order chi connectivity index (χ0) is 14.8. The molecule has 0 bridgehead atoms. The number of thiophene rings is 1. The number of aromatic nitrogens is 4. The van der Waals surface area contributed by atoms with E-state index in [0.717, 1.165) is 15.9 Å². The van der Waals surface area contributed by atoms with Gasteiger partial charge in [0.15, 0.2) is 0 Å².